The van der Waals surface area contributed by atoms with Crippen LogP contribution in [-0.4, -0.2) is 33.5 Å². The van der Waals surface area contributed by atoms with E-state index in [-0.39, 0.29) is 18.7 Å². The molecule has 1 aromatic heterocycles. The summed E-state index contributed by atoms with van der Waals surface area (Å²) in [6.45, 7) is 5.48. The molecule has 1 heterocycles. The van der Waals surface area contributed by atoms with Crippen LogP contribution in [0.1, 0.15) is 25.3 Å². The summed E-state index contributed by atoms with van der Waals surface area (Å²) in [5, 5.41) is 15.9. The Kier molecular flexibility index (Phi) is 6.61. The third-order valence-corrected chi connectivity index (χ3v) is 6.47. The molecule has 6 nitrogen and oxygen atoms in total. The highest BCUT2D eigenvalue weighted by atomic mass is 32.1. The van der Waals surface area contributed by atoms with Crippen LogP contribution in [0.5, 0.6) is 0 Å². The fraction of sp³-hybridized carbons (Fsp3) is 0.192. The zero-order chi connectivity index (χ0) is 24.3. The van der Waals surface area contributed by atoms with E-state index in [1.165, 1.54) is 23.5 Å². The predicted molar refractivity (Wildman–Crippen MR) is 133 cm³/mol. The van der Waals surface area contributed by atoms with Crippen molar-refractivity contribution in [2.45, 2.75) is 31.3 Å². The molecule has 8 heteroatoms. The Morgan fingerprint density at radius 3 is 2.68 bits per heavy atom. The molecule has 2 aromatic carbocycles. The topological polar surface area (TPSA) is 91.3 Å². The van der Waals surface area contributed by atoms with Crippen molar-refractivity contribution in [2.24, 2.45) is 0 Å². The minimum absolute atomic E-state index is 0.117. The van der Waals surface area contributed by atoms with E-state index in [1.54, 1.807) is 19.1 Å². The van der Waals surface area contributed by atoms with Gasteiger partial charge in [-0.25, -0.2) is 14.2 Å². The van der Waals surface area contributed by atoms with E-state index in [1.807, 2.05) is 42.5 Å². The molecule has 1 unspecified atom stereocenters. The van der Waals surface area contributed by atoms with Crippen molar-refractivity contribution in [3.05, 3.63) is 90.3 Å². The number of carboxylic acid groups (broad SMARTS) is 1. The fourth-order valence-electron chi connectivity index (χ4n) is 3.78. The Bertz CT molecular complexity index is 1320. The number of nitrogens with one attached hydrogen (secondary N) is 2. The number of thiazole rings is 1. The van der Waals surface area contributed by atoms with Crippen LogP contribution in [0.4, 0.5) is 9.52 Å². The molecular formula is C26H24FN3O3S. The standard InChI is InChI=1S/C26H24FN3O3S/c1-16(2)14-21(23(31)32)28-24(33)26(12-10-18(11-13-26)17-6-4-3-5-7-17)30-25-29-20-9-8-19(27)15-22(20)34-25/h3-12,15,21H,1,13-14H2,2H3,(H,28,33)(H,29,30)(H,31,32)/t21-,26?/m0/s1. The molecule has 0 saturated carbocycles. The molecule has 1 amide bonds. The summed E-state index contributed by atoms with van der Waals surface area (Å²) >= 11 is 1.23. The van der Waals surface area contributed by atoms with E-state index in [9.17, 15) is 19.1 Å². The number of amides is 1. The number of rotatable bonds is 8. The van der Waals surface area contributed by atoms with E-state index in [4.69, 9.17) is 0 Å². The van der Waals surface area contributed by atoms with Crippen LogP contribution in [-0.2, 0) is 9.59 Å². The number of hydrogen-bond donors (Lipinski definition) is 3. The molecule has 4 rings (SSSR count). The zero-order valence-corrected chi connectivity index (χ0v) is 19.4. The first-order chi connectivity index (χ1) is 16.3. The van der Waals surface area contributed by atoms with Crippen molar-refractivity contribution in [2.75, 3.05) is 5.32 Å². The quantitative estimate of drug-likeness (QED) is 0.390. The van der Waals surface area contributed by atoms with Crippen molar-refractivity contribution < 1.29 is 19.1 Å². The number of hydrogen-bond acceptors (Lipinski definition) is 5. The van der Waals surface area contributed by atoms with Crippen molar-refractivity contribution in [1.82, 2.24) is 10.3 Å². The Balaban J connectivity index is 1.66. The number of nitrogens with zero attached hydrogens (tertiary/aromatic N) is 1. The van der Waals surface area contributed by atoms with Crippen LogP contribution in [0.2, 0.25) is 0 Å². The minimum Gasteiger partial charge on any atom is -0.480 e. The van der Waals surface area contributed by atoms with Crippen molar-refractivity contribution in [3.8, 4) is 0 Å². The summed E-state index contributed by atoms with van der Waals surface area (Å²) in [7, 11) is 0. The van der Waals surface area contributed by atoms with Gasteiger partial charge in [0, 0.05) is 6.42 Å². The van der Waals surface area contributed by atoms with Crippen molar-refractivity contribution >= 4 is 44.1 Å². The predicted octanol–water partition coefficient (Wildman–Crippen LogP) is 5.17. The van der Waals surface area contributed by atoms with Gasteiger partial charge in [-0.05, 0) is 48.8 Å². The average molecular weight is 478 g/mol. The third-order valence-electron chi connectivity index (χ3n) is 5.54. The van der Waals surface area contributed by atoms with Gasteiger partial charge in [-0.1, -0.05) is 59.4 Å². The molecule has 0 spiro atoms. The molecule has 0 saturated heterocycles. The number of carbonyl (C=O) groups excluding carboxylic acids is 1. The maximum atomic E-state index is 13.6. The summed E-state index contributed by atoms with van der Waals surface area (Å²) in [5.74, 6) is -2.00. The molecule has 2 atom stereocenters. The molecule has 0 aliphatic heterocycles. The number of halogens is 1. The van der Waals surface area contributed by atoms with Crippen LogP contribution in [0.15, 0.2) is 78.9 Å². The Morgan fingerprint density at radius 2 is 2.03 bits per heavy atom. The highest BCUT2D eigenvalue weighted by Gasteiger charge is 2.39. The van der Waals surface area contributed by atoms with Crippen molar-refractivity contribution in [3.63, 3.8) is 0 Å². The van der Waals surface area contributed by atoms with E-state index in [0.29, 0.717) is 20.9 Å². The normalized spacial score (nSPS) is 18.2. The highest BCUT2D eigenvalue weighted by molar-refractivity contribution is 7.22. The van der Waals surface area contributed by atoms with Gasteiger partial charge < -0.3 is 15.7 Å². The Labute approximate surface area is 200 Å². The molecule has 3 N–H and O–H groups in total. The van der Waals surface area contributed by atoms with E-state index >= 15 is 0 Å². The van der Waals surface area contributed by atoms with Crippen LogP contribution in [0.3, 0.4) is 0 Å². The van der Waals surface area contributed by atoms with E-state index in [2.05, 4.69) is 22.2 Å². The van der Waals surface area contributed by atoms with Crippen LogP contribution in [0, 0.1) is 5.82 Å². The SMILES string of the molecule is C=C(C)C[C@H](NC(=O)C1(Nc2nc3ccc(F)cc3s2)C=CC(c2ccccc2)=CC1)C(=O)O. The number of aromatic nitrogens is 1. The molecule has 34 heavy (non-hydrogen) atoms. The number of carboxylic acids is 1. The molecule has 3 aromatic rings. The Hall–Kier alpha value is -3.78. The summed E-state index contributed by atoms with van der Waals surface area (Å²) < 4.78 is 14.3. The van der Waals surface area contributed by atoms with Crippen molar-refractivity contribution in [1.29, 1.82) is 0 Å². The molecule has 0 radical (unpaired) electrons. The largest absolute Gasteiger partial charge is 0.480 e. The van der Waals surface area contributed by atoms with Crippen LogP contribution < -0.4 is 10.6 Å². The summed E-state index contributed by atoms with van der Waals surface area (Å²) in [4.78, 5) is 29.7. The second-order valence-corrected chi connectivity index (χ2v) is 9.35. The number of benzene rings is 2. The third kappa shape index (κ3) is 5.07. The van der Waals surface area contributed by atoms with Gasteiger partial charge >= 0.3 is 5.97 Å². The molecular weight excluding hydrogens is 453 g/mol. The van der Waals surface area contributed by atoms with Gasteiger partial charge in [0.15, 0.2) is 5.13 Å². The second kappa shape index (κ2) is 9.61. The van der Waals surface area contributed by atoms with Gasteiger partial charge in [-0.3, -0.25) is 4.79 Å². The summed E-state index contributed by atoms with van der Waals surface area (Å²) in [5.41, 5.74) is 1.94. The lowest BCUT2D eigenvalue weighted by Gasteiger charge is -2.33. The molecule has 1 aliphatic rings. The molecule has 174 valence electrons. The first-order valence-electron chi connectivity index (χ1n) is 10.7. The fourth-order valence-corrected chi connectivity index (χ4v) is 4.76. The zero-order valence-electron chi connectivity index (χ0n) is 18.5. The lowest BCUT2D eigenvalue weighted by Crippen LogP contribution is -2.55. The number of carbonyl (C=O) groups is 2. The molecule has 1 aliphatic carbocycles. The van der Waals surface area contributed by atoms with Gasteiger partial charge in [0.05, 0.1) is 10.2 Å². The first kappa shape index (κ1) is 23.4. The smallest absolute Gasteiger partial charge is 0.326 e. The maximum absolute atomic E-state index is 13.6. The van der Waals surface area contributed by atoms with Gasteiger partial charge in [0.1, 0.15) is 17.4 Å². The lowest BCUT2D eigenvalue weighted by molar-refractivity contribution is -0.142. The van der Waals surface area contributed by atoms with Gasteiger partial charge in [-0.15, -0.1) is 6.58 Å². The summed E-state index contributed by atoms with van der Waals surface area (Å²) in [6.07, 6.45) is 5.89. The maximum Gasteiger partial charge on any atom is 0.326 e. The average Bonchev–Trinajstić information content (AvgIpc) is 3.20. The highest BCUT2D eigenvalue weighted by Crippen LogP contribution is 2.34. The summed E-state index contributed by atoms with van der Waals surface area (Å²) in [6, 6.07) is 13.0. The van der Waals surface area contributed by atoms with Crippen LogP contribution >= 0.6 is 11.3 Å². The number of anilines is 1. The number of fused-ring (bicyclic) bond motifs is 1. The van der Waals surface area contributed by atoms with Gasteiger partial charge in [0.25, 0.3) is 5.91 Å². The van der Waals surface area contributed by atoms with Crippen LogP contribution in [0.25, 0.3) is 15.8 Å². The molecule has 0 fully saturated rings. The Morgan fingerprint density at radius 1 is 1.26 bits per heavy atom. The lowest BCUT2D eigenvalue weighted by atomic mass is 9.85. The van der Waals surface area contributed by atoms with Gasteiger partial charge in [-0.2, -0.15) is 0 Å². The number of aliphatic carboxylic acids is 1. The first-order valence-corrected chi connectivity index (χ1v) is 11.5. The van der Waals surface area contributed by atoms with E-state index < -0.39 is 23.5 Å². The minimum atomic E-state index is -1.27. The van der Waals surface area contributed by atoms with E-state index in [0.717, 1.165) is 11.1 Å². The van der Waals surface area contributed by atoms with Gasteiger partial charge in [0.2, 0.25) is 0 Å². The second-order valence-electron chi connectivity index (χ2n) is 8.32. The number of allylic oxidation sites excluding steroid dienone is 2. The monoisotopic (exact) mass is 477 g/mol. The molecule has 0 bridgehead atoms.